The van der Waals surface area contributed by atoms with Crippen LogP contribution in [0.1, 0.15) is 17.0 Å². The molecule has 0 unspecified atom stereocenters. The van der Waals surface area contributed by atoms with Gasteiger partial charge in [0.15, 0.2) is 0 Å². The maximum absolute atomic E-state index is 12.1. The van der Waals surface area contributed by atoms with E-state index in [4.69, 9.17) is 23.2 Å². The average molecular weight is 433 g/mol. The number of anilines is 2. The van der Waals surface area contributed by atoms with Crippen LogP contribution in [-0.4, -0.2) is 33.9 Å². The van der Waals surface area contributed by atoms with E-state index in [1.807, 2.05) is 48.9 Å². The van der Waals surface area contributed by atoms with Gasteiger partial charge in [0.25, 0.3) is 0 Å². The number of nitrogens with one attached hydrogen (secondary N) is 3. The van der Waals surface area contributed by atoms with E-state index in [0.717, 1.165) is 22.6 Å². The van der Waals surface area contributed by atoms with E-state index >= 15 is 0 Å². The number of hydrogen-bond donors (Lipinski definition) is 3. The Kier molecular flexibility index (Phi) is 6.95. The van der Waals surface area contributed by atoms with Gasteiger partial charge in [-0.05, 0) is 43.7 Å². The van der Waals surface area contributed by atoms with Gasteiger partial charge in [0.2, 0.25) is 0 Å². The fourth-order valence-electron chi connectivity index (χ4n) is 2.83. The van der Waals surface area contributed by atoms with Crippen LogP contribution in [-0.2, 0) is 6.54 Å². The van der Waals surface area contributed by atoms with Gasteiger partial charge in [-0.15, -0.1) is 0 Å². The second-order valence-corrected chi connectivity index (χ2v) is 7.42. The van der Waals surface area contributed by atoms with E-state index in [2.05, 4.69) is 26.0 Å². The van der Waals surface area contributed by atoms with Crippen LogP contribution in [0.3, 0.4) is 0 Å². The quantitative estimate of drug-likeness (QED) is 0.480. The molecule has 0 spiro atoms. The number of aromatic nitrogens is 3. The molecule has 7 nitrogen and oxygen atoms in total. The number of benzene rings is 1. The molecule has 9 heteroatoms. The van der Waals surface area contributed by atoms with Crippen molar-refractivity contribution in [2.75, 3.05) is 23.7 Å². The van der Waals surface area contributed by atoms with E-state index in [1.165, 1.54) is 6.20 Å². The Bertz CT molecular complexity index is 1000. The zero-order valence-electron chi connectivity index (χ0n) is 16.2. The number of urea groups is 1. The molecule has 2 aromatic heterocycles. The predicted octanol–water partition coefficient (Wildman–Crippen LogP) is 4.48. The SMILES string of the molecule is Cc1cc(C)n(Cc2cccc(NC(=O)NCCNc3ncc(Cl)cc3Cl)c2)n1. The van der Waals surface area contributed by atoms with Gasteiger partial charge in [-0.3, -0.25) is 4.68 Å². The summed E-state index contributed by atoms with van der Waals surface area (Å²) in [5.74, 6) is 0.523. The predicted molar refractivity (Wildman–Crippen MR) is 117 cm³/mol. The van der Waals surface area contributed by atoms with Crippen LogP contribution in [0.15, 0.2) is 42.6 Å². The third-order valence-electron chi connectivity index (χ3n) is 4.13. The van der Waals surface area contributed by atoms with Crippen molar-refractivity contribution in [3.63, 3.8) is 0 Å². The van der Waals surface area contributed by atoms with E-state index in [-0.39, 0.29) is 6.03 Å². The summed E-state index contributed by atoms with van der Waals surface area (Å²) >= 11 is 11.9. The molecule has 2 amide bonds. The first-order valence-corrected chi connectivity index (χ1v) is 9.86. The molecule has 2 heterocycles. The molecule has 3 rings (SSSR count). The molecule has 0 aliphatic rings. The smallest absolute Gasteiger partial charge is 0.319 e. The maximum Gasteiger partial charge on any atom is 0.319 e. The van der Waals surface area contributed by atoms with Crippen molar-refractivity contribution in [2.45, 2.75) is 20.4 Å². The topological polar surface area (TPSA) is 83.9 Å². The van der Waals surface area contributed by atoms with E-state index < -0.39 is 0 Å². The first kappa shape index (κ1) is 21.0. The fraction of sp³-hybridized carbons (Fsp3) is 0.250. The lowest BCUT2D eigenvalue weighted by molar-refractivity contribution is 0.252. The molecule has 29 heavy (non-hydrogen) atoms. The Hall–Kier alpha value is -2.77. The zero-order chi connectivity index (χ0) is 20.8. The summed E-state index contributed by atoms with van der Waals surface area (Å²) in [6.07, 6.45) is 1.51. The summed E-state index contributed by atoms with van der Waals surface area (Å²) < 4.78 is 1.94. The number of halogens is 2. The molecule has 1 aromatic carbocycles. The van der Waals surface area contributed by atoms with E-state index in [9.17, 15) is 4.79 Å². The third-order valence-corrected chi connectivity index (χ3v) is 4.63. The minimum atomic E-state index is -0.287. The van der Waals surface area contributed by atoms with Crippen molar-refractivity contribution in [1.29, 1.82) is 0 Å². The lowest BCUT2D eigenvalue weighted by Gasteiger charge is -2.11. The Morgan fingerprint density at radius 3 is 2.69 bits per heavy atom. The Labute approximate surface area is 179 Å². The van der Waals surface area contributed by atoms with Crippen molar-refractivity contribution in [3.8, 4) is 0 Å². The minimum absolute atomic E-state index is 0.287. The summed E-state index contributed by atoms with van der Waals surface area (Å²) in [5, 5.41) is 14.0. The number of rotatable bonds is 7. The minimum Gasteiger partial charge on any atom is -0.367 e. The van der Waals surface area contributed by atoms with Crippen molar-refractivity contribution in [1.82, 2.24) is 20.1 Å². The first-order chi connectivity index (χ1) is 13.9. The summed E-state index contributed by atoms with van der Waals surface area (Å²) in [7, 11) is 0. The summed E-state index contributed by atoms with van der Waals surface area (Å²) in [6, 6.07) is 11.1. The number of pyridine rings is 1. The fourth-order valence-corrected chi connectivity index (χ4v) is 3.28. The first-order valence-electron chi connectivity index (χ1n) is 9.10. The molecule has 0 aliphatic heterocycles. The largest absolute Gasteiger partial charge is 0.367 e. The second kappa shape index (κ2) is 9.62. The molecule has 3 aromatic rings. The number of nitrogens with zero attached hydrogens (tertiary/aromatic N) is 3. The summed E-state index contributed by atoms with van der Waals surface area (Å²) in [6.45, 7) is 5.52. The van der Waals surface area contributed by atoms with Gasteiger partial charge < -0.3 is 16.0 Å². The van der Waals surface area contributed by atoms with Crippen LogP contribution in [0.25, 0.3) is 0 Å². The molecular weight excluding hydrogens is 411 g/mol. The van der Waals surface area contributed by atoms with Crippen molar-refractivity contribution in [2.24, 2.45) is 0 Å². The zero-order valence-corrected chi connectivity index (χ0v) is 17.7. The second-order valence-electron chi connectivity index (χ2n) is 6.58. The molecule has 0 radical (unpaired) electrons. The monoisotopic (exact) mass is 432 g/mol. The van der Waals surface area contributed by atoms with Gasteiger partial charge >= 0.3 is 6.03 Å². The number of aryl methyl sites for hydroxylation is 2. The standard InChI is InChI=1S/C20H22Cl2N6O/c1-13-8-14(2)28(27-13)12-15-4-3-5-17(9-15)26-20(29)24-7-6-23-19-18(22)10-16(21)11-25-19/h3-5,8-11H,6-7,12H2,1-2H3,(H,23,25)(H2,24,26,29). The molecular formula is C20H22Cl2N6O. The van der Waals surface area contributed by atoms with Gasteiger partial charge in [-0.1, -0.05) is 35.3 Å². The van der Waals surface area contributed by atoms with Gasteiger partial charge in [-0.25, -0.2) is 9.78 Å². The number of carbonyl (C=O) groups excluding carboxylic acids is 1. The highest BCUT2D eigenvalue weighted by Crippen LogP contribution is 2.22. The van der Waals surface area contributed by atoms with Crippen LogP contribution in [0, 0.1) is 13.8 Å². The van der Waals surface area contributed by atoms with Crippen molar-refractivity contribution in [3.05, 3.63) is 69.6 Å². The average Bonchev–Trinajstić information content (AvgIpc) is 2.97. The normalized spacial score (nSPS) is 10.6. The molecule has 0 saturated heterocycles. The highest BCUT2D eigenvalue weighted by Gasteiger charge is 2.06. The summed E-state index contributed by atoms with van der Waals surface area (Å²) in [4.78, 5) is 16.2. The van der Waals surface area contributed by atoms with Crippen LogP contribution in [0.2, 0.25) is 10.0 Å². The van der Waals surface area contributed by atoms with Crippen LogP contribution < -0.4 is 16.0 Å². The Balaban J connectivity index is 1.47. The third kappa shape index (κ3) is 6.10. The highest BCUT2D eigenvalue weighted by molar-refractivity contribution is 6.35. The lowest BCUT2D eigenvalue weighted by atomic mass is 10.2. The highest BCUT2D eigenvalue weighted by atomic mass is 35.5. The maximum atomic E-state index is 12.1. The molecule has 0 fully saturated rings. The molecule has 0 bridgehead atoms. The molecule has 3 N–H and O–H groups in total. The molecule has 0 atom stereocenters. The van der Waals surface area contributed by atoms with Gasteiger partial charge in [0.1, 0.15) is 5.82 Å². The Morgan fingerprint density at radius 1 is 1.14 bits per heavy atom. The van der Waals surface area contributed by atoms with Crippen LogP contribution in [0.5, 0.6) is 0 Å². The number of carbonyl (C=O) groups is 1. The number of hydrogen-bond acceptors (Lipinski definition) is 4. The van der Waals surface area contributed by atoms with E-state index in [0.29, 0.717) is 35.5 Å². The summed E-state index contributed by atoms with van der Waals surface area (Å²) in [5.41, 5.74) is 3.86. The van der Waals surface area contributed by atoms with Gasteiger partial charge in [-0.2, -0.15) is 5.10 Å². The van der Waals surface area contributed by atoms with Crippen LogP contribution >= 0.6 is 23.2 Å². The molecule has 152 valence electrons. The van der Waals surface area contributed by atoms with Gasteiger partial charge in [0.05, 0.1) is 22.3 Å². The molecule has 0 aliphatic carbocycles. The Morgan fingerprint density at radius 2 is 1.97 bits per heavy atom. The van der Waals surface area contributed by atoms with Crippen molar-refractivity contribution >= 4 is 40.7 Å². The molecule has 0 saturated carbocycles. The lowest BCUT2D eigenvalue weighted by Crippen LogP contribution is -2.32. The number of amides is 2. The van der Waals surface area contributed by atoms with Crippen molar-refractivity contribution < 1.29 is 4.79 Å². The van der Waals surface area contributed by atoms with Crippen LogP contribution in [0.4, 0.5) is 16.3 Å². The van der Waals surface area contributed by atoms with Gasteiger partial charge in [0, 0.05) is 30.7 Å². The van der Waals surface area contributed by atoms with E-state index in [1.54, 1.807) is 6.07 Å².